The fourth-order valence-electron chi connectivity index (χ4n) is 2.95. The third kappa shape index (κ3) is 3.55. The van der Waals surface area contributed by atoms with Crippen molar-refractivity contribution >= 4 is 34.7 Å². The van der Waals surface area contributed by atoms with Crippen LogP contribution in [0.4, 0.5) is 5.95 Å². The monoisotopic (exact) mass is 331 g/mol. The highest BCUT2D eigenvalue weighted by atomic mass is 32.2. The van der Waals surface area contributed by atoms with Gasteiger partial charge in [-0.1, -0.05) is 20.8 Å². The minimum Gasteiger partial charge on any atom is -0.307 e. The second-order valence-corrected chi connectivity index (χ2v) is 8.41. The fraction of sp³-hybridized carbons (Fsp3) is 0.556. The molecule has 1 fully saturated rings. The van der Waals surface area contributed by atoms with Gasteiger partial charge in [0.1, 0.15) is 0 Å². The molecular weight excluding hydrogens is 306 g/mol. The molecule has 2 aromatic rings. The topological polar surface area (TPSA) is 46.9 Å². The van der Waals surface area contributed by atoms with E-state index >= 15 is 0 Å². The number of nitrogens with one attached hydrogen (secondary N) is 1. The van der Waals surface area contributed by atoms with Crippen LogP contribution < -0.4 is 5.32 Å². The van der Waals surface area contributed by atoms with Gasteiger partial charge in [0.2, 0.25) is 11.9 Å². The highest BCUT2D eigenvalue weighted by molar-refractivity contribution is 7.98. The van der Waals surface area contributed by atoms with Crippen LogP contribution in [0.15, 0.2) is 23.1 Å². The van der Waals surface area contributed by atoms with Crippen LogP contribution in [0.5, 0.6) is 0 Å². The molecule has 0 spiro atoms. The van der Waals surface area contributed by atoms with Gasteiger partial charge < -0.3 is 4.57 Å². The first kappa shape index (κ1) is 16.4. The zero-order chi connectivity index (χ0) is 16.6. The first-order valence-corrected chi connectivity index (χ1v) is 9.46. The Balaban J connectivity index is 1.97. The number of imidazole rings is 1. The van der Waals surface area contributed by atoms with Crippen molar-refractivity contribution in [3.05, 3.63) is 18.2 Å². The highest BCUT2D eigenvalue weighted by Gasteiger charge is 2.26. The predicted octanol–water partition coefficient (Wildman–Crippen LogP) is 4.86. The van der Waals surface area contributed by atoms with Gasteiger partial charge >= 0.3 is 0 Å². The van der Waals surface area contributed by atoms with Crippen LogP contribution >= 0.6 is 11.8 Å². The molecule has 0 saturated heterocycles. The van der Waals surface area contributed by atoms with E-state index in [-0.39, 0.29) is 11.3 Å². The second kappa shape index (κ2) is 6.19. The van der Waals surface area contributed by atoms with Crippen LogP contribution in [0, 0.1) is 5.41 Å². The van der Waals surface area contributed by atoms with E-state index < -0.39 is 0 Å². The summed E-state index contributed by atoms with van der Waals surface area (Å²) in [5, 5.41) is 3.05. The number of aromatic nitrogens is 2. The maximum atomic E-state index is 12.3. The molecule has 4 nitrogen and oxygen atoms in total. The van der Waals surface area contributed by atoms with Gasteiger partial charge in [0.15, 0.2) is 0 Å². The van der Waals surface area contributed by atoms with Gasteiger partial charge in [-0.3, -0.25) is 10.1 Å². The minimum absolute atomic E-state index is 0.0244. The molecule has 1 aromatic heterocycles. The van der Waals surface area contributed by atoms with Crippen LogP contribution in [-0.4, -0.2) is 21.7 Å². The summed E-state index contributed by atoms with van der Waals surface area (Å²) in [5.41, 5.74) is 2.07. The molecule has 1 aliphatic carbocycles. The van der Waals surface area contributed by atoms with E-state index in [2.05, 4.69) is 60.1 Å². The number of carbonyl (C=O) groups excluding carboxylic acids is 1. The van der Waals surface area contributed by atoms with E-state index in [9.17, 15) is 4.79 Å². The summed E-state index contributed by atoms with van der Waals surface area (Å²) < 4.78 is 2.24. The summed E-state index contributed by atoms with van der Waals surface area (Å²) in [6.45, 7) is 6.23. The van der Waals surface area contributed by atoms with Gasteiger partial charge in [-0.2, -0.15) is 0 Å². The van der Waals surface area contributed by atoms with Crippen molar-refractivity contribution in [2.45, 2.75) is 57.4 Å². The van der Waals surface area contributed by atoms with Crippen molar-refractivity contribution in [3.8, 4) is 0 Å². The Morgan fingerprint density at radius 1 is 1.39 bits per heavy atom. The van der Waals surface area contributed by atoms with Gasteiger partial charge in [0.05, 0.1) is 11.0 Å². The lowest BCUT2D eigenvalue weighted by molar-refractivity contribution is -0.117. The SMILES string of the molecule is CSc1ccc2nc(NC(=O)CC(C)(C)C)n(C3CCC3)c2c1. The molecule has 0 radical (unpaired) electrons. The number of hydrogen-bond donors (Lipinski definition) is 1. The average molecular weight is 331 g/mol. The summed E-state index contributed by atoms with van der Waals surface area (Å²) in [4.78, 5) is 18.3. The standard InChI is InChI=1S/C18H25N3OS/c1-18(2,3)11-16(22)20-17-19-14-9-8-13(23-4)10-15(14)21(17)12-6-5-7-12/h8-10,12H,5-7,11H2,1-4H3,(H,19,20,22). The van der Waals surface area contributed by atoms with Crippen LogP contribution in [0.3, 0.4) is 0 Å². The molecule has 0 aliphatic heterocycles. The lowest BCUT2D eigenvalue weighted by Gasteiger charge is -2.29. The number of nitrogens with zero attached hydrogens (tertiary/aromatic N) is 2. The first-order chi connectivity index (χ1) is 10.9. The Labute approximate surface area is 142 Å². The lowest BCUT2D eigenvalue weighted by Crippen LogP contribution is -2.24. The number of carbonyl (C=O) groups is 1. The van der Waals surface area contributed by atoms with E-state index in [0.29, 0.717) is 18.4 Å². The molecule has 1 heterocycles. The summed E-state index contributed by atoms with van der Waals surface area (Å²) in [7, 11) is 0. The third-order valence-corrected chi connectivity index (χ3v) is 5.00. The number of amides is 1. The maximum absolute atomic E-state index is 12.3. The molecule has 0 atom stereocenters. The van der Waals surface area contributed by atoms with Crippen molar-refractivity contribution in [2.75, 3.05) is 11.6 Å². The van der Waals surface area contributed by atoms with Gasteiger partial charge in [-0.05, 0) is 49.1 Å². The number of fused-ring (bicyclic) bond motifs is 1. The Kier molecular flexibility index (Phi) is 4.41. The van der Waals surface area contributed by atoms with Gasteiger partial charge in [-0.25, -0.2) is 4.98 Å². The number of anilines is 1. The van der Waals surface area contributed by atoms with Gasteiger partial charge in [0, 0.05) is 17.4 Å². The molecule has 1 aromatic carbocycles. The Morgan fingerprint density at radius 2 is 2.13 bits per heavy atom. The average Bonchev–Trinajstić information content (AvgIpc) is 2.72. The summed E-state index contributed by atoms with van der Waals surface area (Å²) in [6, 6.07) is 6.79. The summed E-state index contributed by atoms with van der Waals surface area (Å²) >= 11 is 1.73. The fourth-order valence-corrected chi connectivity index (χ4v) is 3.39. The molecule has 124 valence electrons. The largest absolute Gasteiger partial charge is 0.307 e. The Morgan fingerprint density at radius 3 is 2.70 bits per heavy atom. The molecule has 1 saturated carbocycles. The molecular formula is C18H25N3OS. The first-order valence-electron chi connectivity index (χ1n) is 8.23. The summed E-state index contributed by atoms with van der Waals surface area (Å²) in [5.74, 6) is 0.746. The molecule has 0 bridgehead atoms. The molecule has 0 unspecified atom stereocenters. The van der Waals surface area contributed by atoms with E-state index in [0.717, 1.165) is 23.9 Å². The second-order valence-electron chi connectivity index (χ2n) is 7.53. The normalized spacial score (nSPS) is 15.7. The molecule has 1 N–H and O–H groups in total. The van der Waals surface area contributed by atoms with Crippen molar-refractivity contribution in [2.24, 2.45) is 5.41 Å². The molecule has 3 rings (SSSR count). The number of thioether (sulfide) groups is 1. The third-order valence-electron chi connectivity index (χ3n) is 4.28. The zero-order valence-corrected chi connectivity index (χ0v) is 15.2. The van der Waals surface area contributed by atoms with Gasteiger partial charge in [-0.15, -0.1) is 11.8 Å². The smallest absolute Gasteiger partial charge is 0.227 e. The molecule has 23 heavy (non-hydrogen) atoms. The van der Waals surface area contributed by atoms with E-state index in [1.54, 1.807) is 11.8 Å². The number of rotatable bonds is 4. The van der Waals surface area contributed by atoms with Crippen molar-refractivity contribution < 1.29 is 4.79 Å². The van der Waals surface area contributed by atoms with Crippen molar-refractivity contribution in [1.29, 1.82) is 0 Å². The van der Waals surface area contributed by atoms with Crippen LogP contribution in [0.25, 0.3) is 11.0 Å². The van der Waals surface area contributed by atoms with E-state index in [1.807, 2.05) is 0 Å². The Hall–Kier alpha value is -1.49. The lowest BCUT2D eigenvalue weighted by atomic mass is 9.92. The number of benzene rings is 1. The molecule has 1 amide bonds. The van der Waals surface area contributed by atoms with Crippen LogP contribution in [0.1, 0.15) is 52.5 Å². The summed E-state index contributed by atoms with van der Waals surface area (Å²) in [6.07, 6.45) is 6.16. The minimum atomic E-state index is -0.0244. The molecule has 5 heteroatoms. The highest BCUT2D eigenvalue weighted by Crippen LogP contribution is 2.38. The Bertz CT molecular complexity index is 726. The van der Waals surface area contributed by atoms with Crippen molar-refractivity contribution in [3.63, 3.8) is 0 Å². The van der Waals surface area contributed by atoms with E-state index in [4.69, 9.17) is 0 Å². The van der Waals surface area contributed by atoms with Crippen LogP contribution in [-0.2, 0) is 4.79 Å². The van der Waals surface area contributed by atoms with Gasteiger partial charge in [0.25, 0.3) is 0 Å². The van der Waals surface area contributed by atoms with Crippen LogP contribution in [0.2, 0.25) is 0 Å². The predicted molar refractivity (Wildman–Crippen MR) is 97.1 cm³/mol. The maximum Gasteiger partial charge on any atom is 0.227 e. The molecule has 1 aliphatic rings. The zero-order valence-electron chi connectivity index (χ0n) is 14.3. The number of hydrogen-bond acceptors (Lipinski definition) is 3. The van der Waals surface area contributed by atoms with E-state index in [1.165, 1.54) is 11.3 Å². The quantitative estimate of drug-likeness (QED) is 0.814. The van der Waals surface area contributed by atoms with Crippen molar-refractivity contribution in [1.82, 2.24) is 9.55 Å².